The number of aromatic nitrogens is 2. The number of nitrogens with zero attached hydrogens (tertiary/aromatic N) is 2. The molecule has 4 nitrogen and oxygen atoms in total. The van der Waals surface area contributed by atoms with Crippen LogP contribution in [0.25, 0.3) is 0 Å². The molecule has 110 valence electrons. The number of nitrogens with two attached hydrogens (primary N) is 1. The highest BCUT2D eigenvalue weighted by molar-refractivity contribution is 5.32. The number of hydrogen-bond donors (Lipinski definition) is 1. The van der Waals surface area contributed by atoms with Crippen LogP contribution in [0.5, 0.6) is 0 Å². The molecule has 19 heavy (non-hydrogen) atoms. The quantitative estimate of drug-likeness (QED) is 0.847. The Bertz CT molecular complexity index is 429. The van der Waals surface area contributed by atoms with Gasteiger partial charge in [0.2, 0.25) is 0 Å². The van der Waals surface area contributed by atoms with Gasteiger partial charge in [-0.2, -0.15) is 27.1 Å². The number of halogens is 5. The summed E-state index contributed by atoms with van der Waals surface area (Å²) in [6, 6.07) is -0.211. The molecular formula is C10H14F5N3O. The summed E-state index contributed by atoms with van der Waals surface area (Å²) in [7, 11) is 1.32. The Morgan fingerprint density at radius 1 is 1.37 bits per heavy atom. The van der Waals surface area contributed by atoms with Gasteiger partial charge in [-0.1, -0.05) is 6.92 Å². The van der Waals surface area contributed by atoms with Crippen LogP contribution in [0.4, 0.5) is 27.8 Å². The highest BCUT2D eigenvalue weighted by Gasteiger charge is 2.61. The van der Waals surface area contributed by atoms with Crippen LogP contribution in [0.2, 0.25) is 0 Å². The van der Waals surface area contributed by atoms with Crippen molar-refractivity contribution in [2.45, 2.75) is 31.5 Å². The molecule has 0 bridgehead atoms. The second-order valence-corrected chi connectivity index (χ2v) is 3.99. The Hall–Kier alpha value is -1.38. The van der Waals surface area contributed by atoms with Crippen LogP contribution in [0, 0.1) is 0 Å². The van der Waals surface area contributed by atoms with Gasteiger partial charge in [-0.15, -0.1) is 0 Å². The first-order valence-corrected chi connectivity index (χ1v) is 5.44. The van der Waals surface area contributed by atoms with E-state index < -0.39 is 29.7 Å². The van der Waals surface area contributed by atoms with E-state index in [9.17, 15) is 22.0 Å². The van der Waals surface area contributed by atoms with Gasteiger partial charge in [-0.3, -0.25) is 4.68 Å². The van der Waals surface area contributed by atoms with E-state index in [0.29, 0.717) is 10.7 Å². The number of alkyl halides is 5. The van der Waals surface area contributed by atoms with Gasteiger partial charge in [-0.25, -0.2) is 0 Å². The van der Waals surface area contributed by atoms with E-state index in [1.165, 1.54) is 7.11 Å². The summed E-state index contributed by atoms with van der Waals surface area (Å²) in [5.41, 5.74) is 3.96. The maximum Gasteiger partial charge on any atom is 0.459 e. The smallest absolute Gasteiger partial charge is 0.382 e. The van der Waals surface area contributed by atoms with E-state index in [1.807, 2.05) is 0 Å². The van der Waals surface area contributed by atoms with Gasteiger partial charge in [0.25, 0.3) is 0 Å². The Labute approximate surface area is 106 Å². The summed E-state index contributed by atoms with van der Waals surface area (Å²) in [5.74, 6) is -5.41. The lowest BCUT2D eigenvalue weighted by Gasteiger charge is -2.24. The SMILES string of the molecule is CCC(COC)n1nc(N)cc1C(F)(F)C(F)(F)F. The predicted octanol–water partition coefficient (Wildman–Crippen LogP) is 2.72. The highest BCUT2D eigenvalue weighted by Crippen LogP contribution is 2.45. The normalized spacial score (nSPS) is 14.7. The van der Waals surface area contributed by atoms with Gasteiger partial charge in [0.15, 0.2) is 0 Å². The molecule has 9 heteroatoms. The minimum absolute atomic E-state index is 0.0431. The van der Waals surface area contributed by atoms with Crippen molar-refractivity contribution in [2.24, 2.45) is 0 Å². The number of anilines is 1. The molecule has 0 aliphatic heterocycles. The zero-order valence-electron chi connectivity index (χ0n) is 10.3. The minimum atomic E-state index is -5.71. The molecule has 1 aromatic heterocycles. The molecule has 0 saturated carbocycles. The average molecular weight is 287 g/mol. The van der Waals surface area contributed by atoms with Crippen molar-refractivity contribution in [3.8, 4) is 0 Å². The second kappa shape index (κ2) is 5.32. The molecule has 1 heterocycles. The molecule has 2 N–H and O–H groups in total. The maximum absolute atomic E-state index is 13.4. The van der Waals surface area contributed by atoms with E-state index in [1.54, 1.807) is 6.92 Å². The largest absolute Gasteiger partial charge is 0.459 e. The zero-order valence-corrected chi connectivity index (χ0v) is 10.3. The fourth-order valence-electron chi connectivity index (χ4n) is 1.63. The third-order valence-corrected chi connectivity index (χ3v) is 2.61. The summed E-state index contributed by atoms with van der Waals surface area (Å²) < 4.78 is 69.4. The molecule has 0 aromatic carbocycles. The molecule has 0 radical (unpaired) electrons. The van der Waals surface area contributed by atoms with Crippen LogP contribution < -0.4 is 5.73 Å². The molecule has 0 saturated heterocycles. The average Bonchev–Trinajstić information content (AvgIpc) is 2.67. The van der Waals surface area contributed by atoms with Crippen LogP contribution in [0.1, 0.15) is 25.1 Å². The predicted molar refractivity (Wildman–Crippen MR) is 57.8 cm³/mol. The Kier molecular flexibility index (Phi) is 4.39. The molecule has 0 aliphatic rings. The van der Waals surface area contributed by atoms with Crippen molar-refractivity contribution in [3.05, 3.63) is 11.8 Å². The standard InChI is InChI=1S/C10H14F5N3O/c1-3-6(5-19-2)18-7(4-8(16)17-18)9(11,12)10(13,14)15/h4,6H,3,5H2,1-2H3,(H2,16,17). The molecule has 0 amide bonds. The molecule has 1 unspecified atom stereocenters. The van der Waals surface area contributed by atoms with Crippen LogP contribution >= 0.6 is 0 Å². The molecule has 0 spiro atoms. The van der Waals surface area contributed by atoms with Crippen molar-refractivity contribution in [1.82, 2.24) is 9.78 Å². The number of hydrogen-bond acceptors (Lipinski definition) is 3. The van der Waals surface area contributed by atoms with Crippen LogP contribution in [-0.2, 0) is 10.7 Å². The van der Waals surface area contributed by atoms with E-state index in [4.69, 9.17) is 10.5 Å². The summed E-state index contributed by atoms with van der Waals surface area (Å²) in [6.07, 6.45) is -5.43. The van der Waals surface area contributed by atoms with Gasteiger partial charge in [0, 0.05) is 13.2 Å². The molecular weight excluding hydrogens is 273 g/mol. The summed E-state index contributed by atoms with van der Waals surface area (Å²) in [4.78, 5) is 0. The fourth-order valence-corrected chi connectivity index (χ4v) is 1.63. The first kappa shape index (κ1) is 15.7. The molecule has 1 rings (SSSR count). The lowest BCUT2D eigenvalue weighted by Crippen LogP contribution is -2.37. The van der Waals surface area contributed by atoms with Crippen molar-refractivity contribution >= 4 is 5.82 Å². The van der Waals surface area contributed by atoms with Gasteiger partial charge >= 0.3 is 12.1 Å². The molecule has 1 aromatic rings. The van der Waals surface area contributed by atoms with Crippen molar-refractivity contribution in [2.75, 3.05) is 19.5 Å². The van der Waals surface area contributed by atoms with E-state index in [2.05, 4.69) is 5.10 Å². The highest BCUT2D eigenvalue weighted by atomic mass is 19.4. The third-order valence-electron chi connectivity index (χ3n) is 2.61. The van der Waals surface area contributed by atoms with Crippen molar-refractivity contribution in [1.29, 1.82) is 0 Å². The van der Waals surface area contributed by atoms with Crippen LogP contribution in [0.15, 0.2) is 6.07 Å². The van der Waals surface area contributed by atoms with Crippen LogP contribution in [0.3, 0.4) is 0 Å². The Morgan fingerprint density at radius 2 is 1.95 bits per heavy atom. The summed E-state index contributed by atoms with van der Waals surface area (Å²) >= 11 is 0. The second-order valence-electron chi connectivity index (χ2n) is 3.99. The number of rotatable bonds is 5. The molecule has 0 aliphatic carbocycles. The van der Waals surface area contributed by atoms with E-state index in [0.717, 1.165) is 0 Å². The summed E-state index contributed by atoms with van der Waals surface area (Å²) in [5, 5.41) is 3.51. The van der Waals surface area contributed by atoms with Crippen LogP contribution in [-0.4, -0.2) is 29.7 Å². The zero-order chi connectivity index (χ0) is 14.8. The van der Waals surface area contributed by atoms with Crippen molar-refractivity contribution < 1.29 is 26.7 Å². The minimum Gasteiger partial charge on any atom is -0.382 e. The fraction of sp³-hybridized carbons (Fsp3) is 0.700. The topological polar surface area (TPSA) is 53.1 Å². The summed E-state index contributed by atoms with van der Waals surface area (Å²) in [6.45, 7) is 1.58. The van der Waals surface area contributed by atoms with Gasteiger partial charge in [0.1, 0.15) is 11.5 Å². The lowest BCUT2D eigenvalue weighted by atomic mass is 10.2. The first-order valence-electron chi connectivity index (χ1n) is 5.44. The first-order chi connectivity index (χ1) is 8.65. The number of ether oxygens (including phenoxy) is 1. The molecule has 1 atom stereocenters. The maximum atomic E-state index is 13.4. The van der Waals surface area contributed by atoms with E-state index >= 15 is 0 Å². The Balaban J connectivity index is 3.29. The third kappa shape index (κ3) is 2.96. The molecule has 0 fully saturated rings. The Morgan fingerprint density at radius 3 is 2.37 bits per heavy atom. The van der Waals surface area contributed by atoms with E-state index in [-0.39, 0.29) is 13.0 Å². The van der Waals surface area contributed by atoms with Gasteiger partial charge in [0.05, 0.1) is 12.6 Å². The van der Waals surface area contributed by atoms with Gasteiger partial charge < -0.3 is 10.5 Å². The van der Waals surface area contributed by atoms with Gasteiger partial charge in [-0.05, 0) is 6.42 Å². The number of nitrogen functional groups attached to an aromatic ring is 1. The lowest BCUT2D eigenvalue weighted by molar-refractivity contribution is -0.292. The van der Waals surface area contributed by atoms with Crippen molar-refractivity contribution in [3.63, 3.8) is 0 Å². The number of methoxy groups -OCH3 is 1. The monoisotopic (exact) mass is 287 g/mol.